The Morgan fingerprint density at radius 3 is 1.57 bits per heavy atom. The van der Waals surface area contributed by atoms with Gasteiger partial charge in [0.25, 0.3) is 11.8 Å². The highest BCUT2D eigenvalue weighted by molar-refractivity contribution is 7.99. The van der Waals surface area contributed by atoms with Crippen LogP contribution in [-0.2, 0) is 16.0 Å². The van der Waals surface area contributed by atoms with Crippen molar-refractivity contribution >= 4 is 116 Å². The summed E-state index contributed by atoms with van der Waals surface area (Å²) in [5.41, 5.74) is 13.1. The second kappa shape index (κ2) is 23.4. The highest BCUT2D eigenvalue weighted by Gasteiger charge is 2.29. The largest absolute Gasteiger partial charge is 0.366 e. The standard InChI is InChI=1S/C24H22Cl2N4O3S.C22H21ClN6O3S2/c25-17-4-2-1-3-15(17)12-21(31)30-9-7-14(8-10-30)24-29-20(13-34-24)23(33)28-19-11-16(22(27)32)5-6-18(19)26;23-15-3-2-14(19(24)31)10-16(15)27-20(32)17-11-33-21(28-17)13-4-8-29(9-5-13)18(30)12-34-22-25-6-1-7-26-22/h1-6,11,13-14H,7-10,12H2,(H2,27,32)(H,28,33);1-3,6-7,10-11,13H,4-5,8-9,12H2,(H2,24,31)(H,27,32). The number of hydrogen-bond donors (Lipinski definition) is 4. The number of thioether (sulfide) groups is 1. The number of amides is 6. The summed E-state index contributed by atoms with van der Waals surface area (Å²) in [6.45, 7) is 2.53. The van der Waals surface area contributed by atoms with Crippen molar-refractivity contribution in [3.05, 3.63) is 143 Å². The summed E-state index contributed by atoms with van der Waals surface area (Å²) < 4.78 is 0. The molecule has 68 heavy (non-hydrogen) atoms. The first-order valence-corrected chi connectivity index (χ1v) is 25.0. The van der Waals surface area contributed by atoms with E-state index in [4.69, 9.17) is 46.3 Å². The van der Waals surface area contributed by atoms with E-state index in [1.165, 1.54) is 70.8 Å². The average Bonchev–Trinajstić information content (AvgIpc) is 4.06. The van der Waals surface area contributed by atoms with Crippen LogP contribution in [0.4, 0.5) is 11.4 Å². The summed E-state index contributed by atoms with van der Waals surface area (Å²) in [7, 11) is 0. The molecule has 3 aromatic heterocycles. The number of anilines is 2. The minimum atomic E-state index is -0.611. The molecule has 0 saturated carbocycles. The summed E-state index contributed by atoms with van der Waals surface area (Å²) in [6, 6.07) is 18.0. The van der Waals surface area contributed by atoms with E-state index in [9.17, 15) is 28.8 Å². The highest BCUT2D eigenvalue weighted by Crippen LogP contribution is 2.33. The van der Waals surface area contributed by atoms with Gasteiger partial charge in [-0.05, 0) is 79.8 Å². The van der Waals surface area contributed by atoms with Crippen molar-refractivity contribution in [3.63, 3.8) is 0 Å². The zero-order valence-electron chi connectivity index (χ0n) is 36.0. The molecule has 6 N–H and O–H groups in total. The lowest BCUT2D eigenvalue weighted by atomic mass is 9.97. The SMILES string of the molecule is NC(=O)c1ccc(Cl)c(NC(=O)c2csc(C3CCN(C(=O)CSc4ncccn4)CC3)n2)c1.NC(=O)c1ccc(Cl)c(NC(=O)c2csc(C3CCN(C(=O)Cc4ccccc4Cl)CC3)n2)c1. The van der Waals surface area contributed by atoms with Gasteiger partial charge < -0.3 is 31.9 Å². The summed E-state index contributed by atoms with van der Waals surface area (Å²) in [4.78, 5) is 94.3. The van der Waals surface area contributed by atoms with Gasteiger partial charge >= 0.3 is 0 Å². The van der Waals surface area contributed by atoms with Gasteiger partial charge in [-0.2, -0.15) is 0 Å². The fraction of sp³-hybridized carbons (Fsp3) is 0.261. The van der Waals surface area contributed by atoms with Crippen molar-refractivity contribution in [1.82, 2.24) is 29.7 Å². The van der Waals surface area contributed by atoms with E-state index in [1.54, 1.807) is 35.3 Å². The highest BCUT2D eigenvalue weighted by atomic mass is 35.5. The second-order valence-corrected chi connectivity index (χ2v) is 19.5. The number of primary amides is 2. The molecule has 6 amide bonds. The fourth-order valence-corrected chi connectivity index (χ4v) is 10.5. The minimum absolute atomic E-state index is 0.0563. The van der Waals surface area contributed by atoms with Crippen LogP contribution in [0.2, 0.25) is 15.1 Å². The van der Waals surface area contributed by atoms with Crippen LogP contribution < -0.4 is 22.1 Å². The minimum Gasteiger partial charge on any atom is -0.366 e. The van der Waals surface area contributed by atoms with Crippen LogP contribution >= 0.6 is 69.2 Å². The number of nitrogens with one attached hydrogen (secondary N) is 2. The van der Waals surface area contributed by atoms with E-state index in [2.05, 4.69) is 30.6 Å². The third kappa shape index (κ3) is 13.2. The van der Waals surface area contributed by atoms with Crippen LogP contribution in [0.1, 0.15) is 94.8 Å². The molecule has 0 spiro atoms. The lowest BCUT2D eigenvalue weighted by Crippen LogP contribution is -2.39. The number of benzene rings is 3. The monoisotopic (exact) mass is 1030 g/mol. The molecule has 2 aliphatic heterocycles. The van der Waals surface area contributed by atoms with Crippen molar-refractivity contribution < 1.29 is 28.8 Å². The number of likely N-dealkylation sites (tertiary alicyclic amines) is 2. The van der Waals surface area contributed by atoms with Gasteiger partial charge in [0.1, 0.15) is 11.4 Å². The fourth-order valence-electron chi connectivity index (χ4n) is 7.33. The molecule has 0 atom stereocenters. The maximum atomic E-state index is 12.7. The number of aromatic nitrogens is 4. The zero-order chi connectivity index (χ0) is 48.3. The number of thiazole rings is 2. The maximum absolute atomic E-state index is 12.7. The summed E-state index contributed by atoms with van der Waals surface area (Å²) in [6.07, 6.45) is 6.69. The Morgan fingerprint density at radius 1 is 0.632 bits per heavy atom. The first-order chi connectivity index (χ1) is 32.7. The van der Waals surface area contributed by atoms with E-state index in [0.29, 0.717) is 63.5 Å². The molecule has 2 fully saturated rings. The second-order valence-electron chi connectivity index (χ2n) is 15.6. The van der Waals surface area contributed by atoms with E-state index in [1.807, 2.05) is 28.0 Å². The van der Waals surface area contributed by atoms with Crippen LogP contribution in [0.3, 0.4) is 0 Å². The maximum Gasteiger partial charge on any atom is 0.275 e. The Kier molecular flexibility index (Phi) is 17.2. The molecule has 0 unspecified atom stereocenters. The molecule has 22 heteroatoms. The molecule has 0 radical (unpaired) electrons. The first kappa shape index (κ1) is 49.9. The van der Waals surface area contributed by atoms with Crippen molar-refractivity contribution in [1.29, 1.82) is 0 Å². The van der Waals surface area contributed by atoms with Gasteiger partial charge in [0.15, 0.2) is 5.16 Å². The van der Waals surface area contributed by atoms with E-state index < -0.39 is 23.6 Å². The summed E-state index contributed by atoms with van der Waals surface area (Å²) in [5.74, 6) is -1.28. The Hall–Kier alpha value is -5.96. The summed E-state index contributed by atoms with van der Waals surface area (Å²) >= 11 is 22.6. The van der Waals surface area contributed by atoms with E-state index >= 15 is 0 Å². The van der Waals surface area contributed by atoms with Crippen LogP contribution in [0.15, 0.2) is 95.0 Å². The molecule has 3 aromatic carbocycles. The number of piperidine rings is 2. The van der Waals surface area contributed by atoms with Gasteiger partial charge in [0.05, 0.1) is 43.6 Å². The third-order valence-corrected chi connectivity index (χ3v) is 15.0. The molecular formula is C46H43Cl3N10O6S3. The average molecular weight is 1030 g/mol. The number of rotatable bonds is 13. The number of carbonyl (C=O) groups is 6. The number of carbonyl (C=O) groups excluding carboxylic acids is 6. The lowest BCUT2D eigenvalue weighted by Gasteiger charge is -2.31. The smallest absolute Gasteiger partial charge is 0.275 e. The zero-order valence-corrected chi connectivity index (χ0v) is 40.7. The molecule has 5 heterocycles. The first-order valence-electron chi connectivity index (χ1n) is 21.1. The molecule has 0 aliphatic carbocycles. The Labute approximate surface area is 418 Å². The van der Waals surface area contributed by atoms with Gasteiger partial charge in [-0.1, -0.05) is 64.8 Å². The molecule has 2 saturated heterocycles. The predicted molar refractivity (Wildman–Crippen MR) is 265 cm³/mol. The van der Waals surface area contributed by atoms with Crippen LogP contribution in [0.25, 0.3) is 0 Å². The van der Waals surface area contributed by atoms with Gasteiger partial charge in [-0.25, -0.2) is 19.9 Å². The van der Waals surface area contributed by atoms with Crippen LogP contribution in [0, 0.1) is 0 Å². The number of nitrogens with zero attached hydrogens (tertiary/aromatic N) is 6. The summed E-state index contributed by atoms with van der Waals surface area (Å²) in [5, 5.41) is 12.3. The third-order valence-electron chi connectivity index (χ3n) is 11.1. The van der Waals surface area contributed by atoms with Crippen LogP contribution in [-0.4, -0.2) is 97.1 Å². The Morgan fingerprint density at radius 2 is 1.10 bits per heavy atom. The van der Waals surface area contributed by atoms with E-state index in [0.717, 1.165) is 41.3 Å². The Balaban J connectivity index is 0.000000201. The topological polar surface area (TPSA) is 237 Å². The normalized spacial score (nSPS) is 14.1. The molecule has 352 valence electrons. The molecule has 0 bridgehead atoms. The molecule has 8 rings (SSSR count). The number of nitrogens with two attached hydrogens (primary N) is 2. The molecule has 2 aliphatic rings. The van der Waals surface area contributed by atoms with Gasteiger partial charge in [0.2, 0.25) is 23.6 Å². The van der Waals surface area contributed by atoms with Crippen molar-refractivity contribution in [2.24, 2.45) is 11.5 Å². The molecular weight excluding hydrogens is 991 g/mol. The predicted octanol–water partition coefficient (Wildman–Crippen LogP) is 8.19. The van der Waals surface area contributed by atoms with Gasteiger partial charge in [-0.3, -0.25) is 28.8 Å². The molecule has 6 aromatic rings. The van der Waals surface area contributed by atoms with Crippen molar-refractivity contribution in [2.45, 2.75) is 49.1 Å². The lowest BCUT2D eigenvalue weighted by molar-refractivity contribution is -0.131. The van der Waals surface area contributed by atoms with Gasteiger partial charge in [-0.15, -0.1) is 22.7 Å². The quantitative estimate of drug-likeness (QED) is 0.0636. The van der Waals surface area contributed by atoms with Gasteiger partial charge in [0, 0.05) is 77.3 Å². The molecule has 16 nitrogen and oxygen atoms in total. The van der Waals surface area contributed by atoms with Crippen molar-refractivity contribution in [2.75, 3.05) is 42.6 Å². The Bertz CT molecular complexity index is 2820. The number of halogens is 3. The van der Waals surface area contributed by atoms with Crippen molar-refractivity contribution in [3.8, 4) is 0 Å². The number of hydrogen-bond acceptors (Lipinski definition) is 13. The van der Waals surface area contributed by atoms with Crippen LogP contribution in [0.5, 0.6) is 0 Å². The van der Waals surface area contributed by atoms with E-state index in [-0.39, 0.29) is 52.6 Å².